The van der Waals surface area contributed by atoms with Crippen LogP contribution in [0.3, 0.4) is 0 Å². The van der Waals surface area contributed by atoms with E-state index in [-0.39, 0.29) is 11.5 Å². The number of hydrogen-bond acceptors (Lipinski definition) is 5. The number of nitrogens with zero attached hydrogens (tertiary/aromatic N) is 2. The van der Waals surface area contributed by atoms with Gasteiger partial charge in [-0.2, -0.15) is 0 Å². The first kappa shape index (κ1) is 17.3. The van der Waals surface area contributed by atoms with E-state index < -0.39 is 17.9 Å². The van der Waals surface area contributed by atoms with Crippen LogP contribution in [-0.2, 0) is 4.74 Å². The molecule has 0 aliphatic heterocycles. The fourth-order valence-corrected chi connectivity index (χ4v) is 2.55. The van der Waals surface area contributed by atoms with Crippen molar-refractivity contribution in [1.29, 1.82) is 0 Å². The predicted molar refractivity (Wildman–Crippen MR) is 92.4 cm³/mol. The molecule has 0 saturated heterocycles. The van der Waals surface area contributed by atoms with Crippen LogP contribution in [0.4, 0.5) is 4.39 Å². The first-order chi connectivity index (χ1) is 11.9. The van der Waals surface area contributed by atoms with Crippen molar-refractivity contribution in [3.63, 3.8) is 0 Å². The molecule has 3 aromatic rings. The van der Waals surface area contributed by atoms with Crippen molar-refractivity contribution in [2.45, 2.75) is 20.0 Å². The summed E-state index contributed by atoms with van der Waals surface area (Å²) in [5.74, 6) is -0.711. The highest BCUT2D eigenvalue weighted by molar-refractivity contribution is 9.10. The zero-order valence-corrected chi connectivity index (χ0v) is 15.1. The molecular weight excluding hydrogens is 391 g/mol. The summed E-state index contributed by atoms with van der Waals surface area (Å²) >= 11 is 3.20. The molecule has 0 spiro atoms. The fraction of sp³-hybridized carbons (Fsp3) is 0.167. The lowest BCUT2D eigenvalue weighted by Crippen LogP contribution is -2.10. The average Bonchev–Trinajstić information content (AvgIpc) is 3.07. The molecular formula is C18H14BrFN2O3. The van der Waals surface area contributed by atoms with Crippen LogP contribution < -0.4 is 0 Å². The average molecular weight is 405 g/mol. The molecule has 0 bridgehead atoms. The highest BCUT2D eigenvalue weighted by Gasteiger charge is 2.21. The minimum absolute atomic E-state index is 0.0881. The third-order valence-electron chi connectivity index (χ3n) is 3.52. The molecule has 0 aliphatic rings. The van der Waals surface area contributed by atoms with Gasteiger partial charge in [0.15, 0.2) is 6.10 Å². The van der Waals surface area contributed by atoms with E-state index in [9.17, 15) is 9.18 Å². The number of benzene rings is 2. The van der Waals surface area contributed by atoms with Gasteiger partial charge in [0.2, 0.25) is 5.89 Å². The molecule has 2 aromatic carbocycles. The van der Waals surface area contributed by atoms with Crippen molar-refractivity contribution < 1.29 is 18.3 Å². The van der Waals surface area contributed by atoms with Crippen LogP contribution in [0.5, 0.6) is 0 Å². The summed E-state index contributed by atoms with van der Waals surface area (Å²) < 4.78 is 24.6. The van der Waals surface area contributed by atoms with E-state index in [1.165, 1.54) is 12.1 Å². The molecule has 0 fully saturated rings. The molecule has 128 valence electrons. The van der Waals surface area contributed by atoms with Gasteiger partial charge in [0.05, 0.1) is 5.56 Å². The zero-order chi connectivity index (χ0) is 18.0. The maximum Gasteiger partial charge on any atom is 0.340 e. The summed E-state index contributed by atoms with van der Waals surface area (Å²) in [5.41, 5.74) is 1.98. The number of rotatable bonds is 4. The molecule has 0 saturated carbocycles. The molecule has 1 atom stereocenters. The van der Waals surface area contributed by atoms with Crippen LogP contribution in [-0.4, -0.2) is 16.2 Å². The summed E-state index contributed by atoms with van der Waals surface area (Å²) in [6.07, 6.45) is -0.769. The molecule has 0 radical (unpaired) electrons. The highest BCUT2D eigenvalue weighted by atomic mass is 79.9. The Morgan fingerprint density at radius 3 is 2.64 bits per heavy atom. The van der Waals surface area contributed by atoms with Crippen LogP contribution in [0.1, 0.15) is 34.8 Å². The normalized spacial score (nSPS) is 12.0. The summed E-state index contributed by atoms with van der Waals surface area (Å²) in [6, 6.07) is 11.4. The summed E-state index contributed by atoms with van der Waals surface area (Å²) in [5, 5.41) is 7.89. The maximum absolute atomic E-state index is 13.3. The van der Waals surface area contributed by atoms with E-state index in [1.807, 2.05) is 31.2 Å². The topological polar surface area (TPSA) is 65.2 Å². The minimum atomic E-state index is -0.769. The number of aromatic nitrogens is 2. The molecule has 0 amide bonds. The fourth-order valence-electron chi connectivity index (χ4n) is 2.14. The summed E-state index contributed by atoms with van der Waals surface area (Å²) in [6.45, 7) is 3.59. The number of halogens is 2. The van der Waals surface area contributed by atoms with Crippen molar-refractivity contribution in [1.82, 2.24) is 10.2 Å². The molecule has 0 unspecified atom stereocenters. The van der Waals surface area contributed by atoms with E-state index in [1.54, 1.807) is 6.92 Å². The minimum Gasteiger partial charge on any atom is -0.449 e. The monoisotopic (exact) mass is 404 g/mol. The van der Waals surface area contributed by atoms with Gasteiger partial charge in [0, 0.05) is 10.0 Å². The lowest BCUT2D eigenvalue weighted by Gasteiger charge is -2.10. The second-order valence-corrected chi connectivity index (χ2v) is 6.34. The Balaban J connectivity index is 1.75. The second-order valence-electron chi connectivity index (χ2n) is 5.48. The number of hydrogen-bond donors (Lipinski definition) is 0. The van der Waals surface area contributed by atoms with Crippen LogP contribution >= 0.6 is 15.9 Å². The van der Waals surface area contributed by atoms with E-state index in [2.05, 4.69) is 26.1 Å². The number of carbonyl (C=O) groups is 1. The summed E-state index contributed by atoms with van der Waals surface area (Å²) in [4.78, 5) is 12.2. The molecule has 5 nitrogen and oxygen atoms in total. The predicted octanol–water partition coefficient (Wildman–Crippen LogP) is 4.86. The van der Waals surface area contributed by atoms with E-state index in [4.69, 9.17) is 9.15 Å². The smallest absolute Gasteiger partial charge is 0.340 e. The largest absolute Gasteiger partial charge is 0.449 e. The third kappa shape index (κ3) is 3.93. The standard InChI is InChI=1S/C18H14BrFN2O3/c1-10-3-5-12(6-4-10)17-22-21-16(25-17)11(2)24-18(23)14-9-13(20)7-8-15(14)19/h3-9,11H,1-2H3/t11-/m1/s1. The number of aryl methyl sites for hydroxylation is 1. The molecule has 0 aliphatic carbocycles. The van der Waals surface area contributed by atoms with Gasteiger partial charge < -0.3 is 9.15 Å². The SMILES string of the molecule is Cc1ccc(-c2nnc([C@@H](C)OC(=O)c3cc(F)ccc3Br)o2)cc1. The quantitative estimate of drug-likeness (QED) is 0.580. The first-order valence-electron chi connectivity index (χ1n) is 7.50. The molecule has 1 aromatic heterocycles. The Morgan fingerprint density at radius 1 is 1.20 bits per heavy atom. The van der Waals surface area contributed by atoms with Gasteiger partial charge in [-0.05, 0) is 60.1 Å². The van der Waals surface area contributed by atoms with Crippen LogP contribution in [0.15, 0.2) is 51.4 Å². The van der Waals surface area contributed by atoms with Gasteiger partial charge in [-0.25, -0.2) is 9.18 Å². The van der Waals surface area contributed by atoms with Crippen molar-refractivity contribution >= 4 is 21.9 Å². The van der Waals surface area contributed by atoms with Gasteiger partial charge in [0.25, 0.3) is 5.89 Å². The Labute approximate surface area is 152 Å². The van der Waals surface area contributed by atoms with Crippen LogP contribution in [0.2, 0.25) is 0 Å². The number of ether oxygens (including phenoxy) is 1. The van der Waals surface area contributed by atoms with Crippen molar-refractivity contribution in [3.05, 3.63) is 69.8 Å². The first-order valence-corrected chi connectivity index (χ1v) is 8.30. The lowest BCUT2D eigenvalue weighted by atomic mass is 10.1. The molecule has 0 N–H and O–H groups in total. The Bertz CT molecular complexity index is 909. The van der Waals surface area contributed by atoms with Crippen LogP contribution in [0.25, 0.3) is 11.5 Å². The Hall–Kier alpha value is -2.54. The van der Waals surface area contributed by atoms with Gasteiger partial charge in [0.1, 0.15) is 5.82 Å². The Morgan fingerprint density at radius 2 is 1.92 bits per heavy atom. The number of esters is 1. The maximum atomic E-state index is 13.3. The van der Waals surface area contributed by atoms with E-state index in [0.29, 0.717) is 10.4 Å². The molecule has 1 heterocycles. The third-order valence-corrected chi connectivity index (χ3v) is 4.21. The van der Waals surface area contributed by atoms with Crippen molar-refractivity contribution in [2.75, 3.05) is 0 Å². The van der Waals surface area contributed by atoms with Crippen molar-refractivity contribution in [2.24, 2.45) is 0 Å². The summed E-state index contributed by atoms with van der Waals surface area (Å²) in [7, 11) is 0. The second kappa shape index (κ2) is 7.14. The van der Waals surface area contributed by atoms with Gasteiger partial charge in [-0.15, -0.1) is 10.2 Å². The van der Waals surface area contributed by atoms with E-state index in [0.717, 1.165) is 17.2 Å². The van der Waals surface area contributed by atoms with Gasteiger partial charge in [-0.1, -0.05) is 17.7 Å². The van der Waals surface area contributed by atoms with Gasteiger partial charge in [-0.3, -0.25) is 0 Å². The van der Waals surface area contributed by atoms with Gasteiger partial charge >= 0.3 is 5.97 Å². The lowest BCUT2D eigenvalue weighted by molar-refractivity contribution is 0.0278. The van der Waals surface area contributed by atoms with E-state index >= 15 is 0 Å². The van der Waals surface area contributed by atoms with Crippen molar-refractivity contribution in [3.8, 4) is 11.5 Å². The zero-order valence-electron chi connectivity index (χ0n) is 13.5. The molecule has 25 heavy (non-hydrogen) atoms. The molecule has 3 rings (SSSR count). The highest BCUT2D eigenvalue weighted by Crippen LogP contribution is 2.25. The Kier molecular flexibility index (Phi) is 4.94. The number of carbonyl (C=O) groups excluding carboxylic acids is 1. The van der Waals surface area contributed by atoms with Crippen LogP contribution in [0, 0.1) is 12.7 Å². The molecule has 7 heteroatoms.